The molecule has 0 aliphatic heterocycles. The van der Waals surface area contributed by atoms with E-state index in [2.05, 4.69) is 20.5 Å². The van der Waals surface area contributed by atoms with E-state index in [1.165, 1.54) is 4.85 Å². The first-order valence-corrected chi connectivity index (χ1v) is 7.56. The minimum atomic E-state index is 0.0867. The van der Waals surface area contributed by atoms with Crippen LogP contribution in [-0.4, -0.2) is 25.3 Å². The first-order chi connectivity index (χ1) is 10.8. The summed E-state index contributed by atoms with van der Waals surface area (Å²) in [4.78, 5) is 12.0. The third-order valence-electron chi connectivity index (χ3n) is 2.90. The van der Waals surface area contributed by atoms with Crippen LogP contribution in [0.5, 0.6) is 0 Å². The average molecular weight is 334 g/mol. The van der Waals surface area contributed by atoms with Gasteiger partial charge < -0.3 is 9.36 Å². The maximum atomic E-state index is 5.96. The minimum Gasteiger partial charge on any atom is -0.385 e. The van der Waals surface area contributed by atoms with E-state index >= 15 is 0 Å². The van der Waals surface area contributed by atoms with Crippen LogP contribution in [0, 0.1) is 0 Å². The van der Waals surface area contributed by atoms with Crippen LogP contribution in [0.3, 0.4) is 0 Å². The number of hydrogen-bond donors (Lipinski definition) is 0. The van der Waals surface area contributed by atoms with E-state index in [0.717, 1.165) is 4.88 Å². The summed E-state index contributed by atoms with van der Waals surface area (Å²) in [7, 11) is 0. The van der Waals surface area contributed by atoms with Crippen molar-refractivity contribution in [1.82, 2.24) is 25.3 Å². The van der Waals surface area contributed by atoms with Gasteiger partial charge in [-0.15, -0.1) is 16.4 Å². The lowest BCUT2D eigenvalue weighted by atomic mass is 10.3. The summed E-state index contributed by atoms with van der Waals surface area (Å²) >= 11 is 7.50. The predicted molar refractivity (Wildman–Crippen MR) is 80.4 cm³/mol. The van der Waals surface area contributed by atoms with Crippen LogP contribution in [0.1, 0.15) is 5.89 Å². The van der Waals surface area contributed by atoms with Crippen molar-refractivity contribution in [1.29, 1.82) is 0 Å². The normalized spacial score (nSPS) is 11.1. The van der Waals surface area contributed by atoms with E-state index < -0.39 is 0 Å². The van der Waals surface area contributed by atoms with Crippen LogP contribution >= 0.6 is 22.9 Å². The van der Waals surface area contributed by atoms with Crippen LogP contribution < -0.4 is 4.84 Å². The minimum absolute atomic E-state index is 0.0867. The highest BCUT2D eigenvalue weighted by Crippen LogP contribution is 2.21. The molecule has 0 unspecified atom stereocenters. The van der Waals surface area contributed by atoms with E-state index in [1.54, 1.807) is 29.5 Å². The van der Waals surface area contributed by atoms with E-state index in [1.807, 2.05) is 17.5 Å². The van der Waals surface area contributed by atoms with Crippen LogP contribution in [0.4, 0.5) is 0 Å². The lowest BCUT2D eigenvalue weighted by Gasteiger charge is -2.01. The number of fused-ring (bicyclic) bond motifs is 1. The molecule has 0 aliphatic carbocycles. The largest absolute Gasteiger partial charge is 0.385 e. The number of rotatable bonds is 4. The fourth-order valence-corrected chi connectivity index (χ4v) is 2.72. The Hall–Kier alpha value is -2.45. The van der Waals surface area contributed by atoms with Gasteiger partial charge in [0.05, 0.1) is 4.88 Å². The zero-order valence-corrected chi connectivity index (χ0v) is 12.6. The van der Waals surface area contributed by atoms with Gasteiger partial charge in [-0.05, 0) is 34.9 Å². The Labute approximate surface area is 133 Å². The fourth-order valence-electron chi connectivity index (χ4n) is 1.90. The molecule has 4 rings (SSSR count). The molecular formula is C13H8ClN5O2S. The Morgan fingerprint density at radius 1 is 1.32 bits per heavy atom. The molecule has 0 N–H and O–H groups in total. The van der Waals surface area contributed by atoms with E-state index in [-0.39, 0.29) is 6.61 Å². The maximum Gasteiger partial charge on any atom is 0.267 e. The molecule has 3 aromatic heterocycles. The second-order valence-electron chi connectivity index (χ2n) is 4.36. The Kier molecular flexibility index (Phi) is 3.24. The molecule has 110 valence electrons. The maximum absolute atomic E-state index is 5.96. The quantitative estimate of drug-likeness (QED) is 0.571. The van der Waals surface area contributed by atoms with Gasteiger partial charge in [0.15, 0.2) is 6.61 Å². The molecule has 0 fully saturated rings. The van der Waals surface area contributed by atoms with Crippen molar-refractivity contribution in [3.8, 4) is 10.7 Å². The molecule has 3 heterocycles. The molecule has 0 spiro atoms. The van der Waals surface area contributed by atoms with E-state index in [4.69, 9.17) is 21.0 Å². The van der Waals surface area contributed by atoms with Gasteiger partial charge in [-0.1, -0.05) is 27.7 Å². The Bertz CT molecular complexity index is 918. The van der Waals surface area contributed by atoms with Gasteiger partial charge in [0.25, 0.3) is 5.89 Å². The average Bonchev–Trinajstić information content (AvgIpc) is 3.25. The first-order valence-electron chi connectivity index (χ1n) is 6.30. The van der Waals surface area contributed by atoms with Crippen LogP contribution in [-0.2, 0) is 6.61 Å². The van der Waals surface area contributed by atoms with Crippen LogP contribution in [0.25, 0.3) is 21.7 Å². The van der Waals surface area contributed by atoms with Gasteiger partial charge in [0.1, 0.15) is 11.0 Å². The summed E-state index contributed by atoms with van der Waals surface area (Å²) in [6, 6.07) is 9.09. The second kappa shape index (κ2) is 5.39. The number of halogens is 1. The molecule has 9 heteroatoms. The van der Waals surface area contributed by atoms with Crippen molar-refractivity contribution < 1.29 is 9.36 Å². The predicted octanol–water partition coefficient (Wildman–Crippen LogP) is 2.83. The molecule has 22 heavy (non-hydrogen) atoms. The van der Waals surface area contributed by atoms with Crippen molar-refractivity contribution in [2.24, 2.45) is 0 Å². The fraction of sp³-hybridized carbons (Fsp3) is 0.0769. The molecule has 0 aliphatic rings. The van der Waals surface area contributed by atoms with Crippen LogP contribution in [0.15, 0.2) is 40.2 Å². The van der Waals surface area contributed by atoms with Gasteiger partial charge >= 0.3 is 0 Å². The molecule has 0 atom stereocenters. The van der Waals surface area contributed by atoms with Gasteiger partial charge in [0.2, 0.25) is 5.82 Å². The third-order valence-corrected chi connectivity index (χ3v) is 4.00. The van der Waals surface area contributed by atoms with Crippen molar-refractivity contribution in [3.05, 3.63) is 46.6 Å². The van der Waals surface area contributed by atoms with Crippen LogP contribution in [0.2, 0.25) is 5.02 Å². The molecule has 0 saturated heterocycles. The summed E-state index contributed by atoms with van der Waals surface area (Å²) in [6.45, 7) is 0.0867. The van der Waals surface area contributed by atoms with Crippen molar-refractivity contribution in [3.63, 3.8) is 0 Å². The monoisotopic (exact) mass is 333 g/mol. The Balaban J connectivity index is 1.53. The van der Waals surface area contributed by atoms with E-state index in [9.17, 15) is 0 Å². The number of thiophene rings is 1. The highest BCUT2D eigenvalue weighted by Gasteiger charge is 2.11. The molecule has 0 bridgehead atoms. The highest BCUT2D eigenvalue weighted by molar-refractivity contribution is 7.13. The lowest BCUT2D eigenvalue weighted by Crippen LogP contribution is -2.13. The first kappa shape index (κ1) is 13.2. The molecule has 0 radical (unpaired) electrons. The Morgan fingerprint density at radius 2 is 2.27 bits per heavy atom. The number of hydrogen-bond acceptors (Lipinski definition) is 7. The standard InChI is InChI=1S/C13H8ClN5O2S/c14-8-3-4-9-10(6-8)19(18-16-9)20-7-12-15-13(17-21-12)11-2-1-5-22-11/h1-6H,7H2. The topological polar surface area (TPSA) is 78.9 Å². The summed E-state index contributed by atoms with van der Waals surface area (Å²) in [5.41, 5.74) is 1.36. The zero-order chi connectivity index (χ0) is 14.9. The molecule has 7 nitrogen and oxygen atoms in total. The summed E-state index contributed by atoms with van der Waals surface area (Å²) in [5, 5.41) is 14.3. The Morgan fingerprint density at radius 3 is 3.14 bits per heavy atom. The zero-order valence-electron chi connectivity index (χ0n) is 11.0. The molecule has 0 amide bonds. The second-order valence-corrected chi connectivity index (χ2v) is 5.74. The number of benzene rings is 1. The SMILES string of the molecule is Clc1ccc2nnn(OCc3nc(-c4cccs4)no3)c2c1. The highest BCUT2D eigenvalue weighted by atomic mass is 35.5. The van der Waals surface area contributed by atoms with Gasteiger partial charge in [-0.3, -0.25) is 0 Å². The number of nitrogens with zero attached hydrogens (tertiary/aromatic N) is 5. The molecule has 0 saturated carbocycles. The molecule has 4 aromatic rings. The smallest absolute Gasteiger partial charge is 0.267 e. The molecular weight excluding hydrogens is 326 g/mol. The number of aromatic nitrogens is 5. The van der Waals surface area contributed by atoms with Crippen molar-refractivity contribution in [2.75, 3.05) is 0 Å². The summed E-state index contributed by atoms with van der Waals surface area (Å²) in [5.74, 6) is 0.897. The van der Waals surface area contributed by atoms with Gasteiger partial charge in [-0.25, -0.2) is 0 Å². The third kappa shape index (κ3) is 2.42. The summed E-state index contributed by atoms with van der Waals surface area (Å²) in [6.07, 6.45) is 0. The van der Waals surface area contributed by atoms with Crippen molar-refractivity contribution in [2.45, 2.75) is 6.61 Å². The molecule has 1 aromatic carbocycles. The lowest BCUT2D eigenvalue weighted by molar-refractivity contribution is 0.0583. The summed E-state index contributed by atoms with van der Waals surface area (Å²) < 4.78 is 5.16. The van der Waals surface area contributed by atoms with Gasteiger partial charge in [0, 0.05) is 5.02 Å². The van der Waals surface area contributed by atoms with E-state index in [0.29, 0.717) is 27.8 Å². The van der Waals surface area contributed by atoms with Crippen molar-refractivity contribution >= 4 is 34.0 Å². The van der Waals surface area contributed by atoms with Gasteiger partial charge in [-0.2, -0.15) is 4.98 Å².